The molecule has 0 aromatic carbocycles. The maximum atomic E-state index is 12.9. The minimum atomic E-state index is -0.771. The van der Waals surface area contributed by atoms with Gasteiger partial charge in [-0.1, -0.05) is 315 Å². The van der Waals surface area contributed by atoms with Gasteiger partial charge in [-0.15, -0.1) is 0 Å². The summed E-state index contributed by atoms with van der Waals surface area (Å²) in [5, 5.41) is 0. The van der Waals surface area contributed by atoms with Crippen molar-refractivity contribution in [3.05, 3.63) is 24.3 Å². The van der Waals surface area contributed by atoms with Crippen LogP contribution in [0.4, 0.5) is 0 Å². The van der Waals surface area contributed by atoms with E-state index in [0.29, 0.717) is 19.3 Å². The van der Waals surface area contributed by atoms with E-state index in [1.807, 2.05) is 0 Å². The lowest BCUT2D eigenvalue weighted by Crippen LogP contribution is -2.30. The number of allylic oxidation sites excluding steroid dienone is 4. The van der Waals surface area contributed by atoms with Crippen LogP contribution in [0.25, 0.3) is 0 Å². The zero-order chi connectivity index (χ0) is 54.3. The van der Waals surface area contributed by atoms with Gasteiger partial charge in [-0.3, -0.25) is 14.4 Å². The molecule has 0 radical (unpaired) electrons. The summed E-state index contributed by atoms with van der Waals surface area (Å²) in [4.78, 5) is 38.4. The van der Waals surface area contributed by atoms with E-state index in [4.69, 9.17) is 14.2 Å². The van der Waals surface area contributed by atoms with Gasteiger partial charge < -0.3 is 14.2 Å². The molecule has 0 saturated heterocycles. The molecule has 1 atom stereocenters. The first kappa shape index (κ1) is 72.9. The standard InChI is InChI=1S/C69H130O6/c1-4-7-10-13-16-19-22-25-28-31-33-34-36-38-41-44-47-50-53-56-59-62-68(71)74-65-66(64-73-67(70)61-58-55-52-49-46-43-40-37-30-27-24-21-18-15-12-9-6-3)75-69(72)63-60-57-54-51-48-45-42-39-35-32-29-26-23-20-17-14-11-8-5-2/h26,29,31,33,66H,4-25,27-28,30,32,34-65H2,1-3H3/b29-26-,33-31-. The first-order valence-corrected chi connectivity index (χ1v) is 33.8. The van der Waals surface area contributed by atoms with Crippen LogP contribution in [0, 0.1) is 0 Å². The fourth-order valence-electron chi connectivity index (χ4n) is 10.3. The number of ether oxygens (including phenoxy) is 3. The smallest absolute Gasteiger partial charge is 0.306 e. The number of hydrogen-bond donors (Lipinski definition) is 0. The summed E-state index contributed by atoms with van der Waals surface area (Å²) in [6.45, 7) is 6.71. The van der Waals surface area contributed by atoms with E-state index < -0.39 is 6.10 Å². The molecule has 442 valence electrons. The van der Waals surface area contributed by atoms with Gasteiger partial charge in [-0.25, -0.2) is 0 Å². The first-order chi connectivity index (χ1) is 37.0. The van der Waals surface area contributed by atoms with Gasteiger partial charge >= 0.3 is 17.9 Å². The van der Waals surface area contributed by atoms with Crippen molar-refractivity contribution in [2.24, 2.45) is 0 Å². The Balaban J connectivity index is 4.31. The Morgan fingerprint density at radius 2 is 0.440 bits per heavy atom. The lowest BCUT2D eigenvalue weighted by molar-refractivity contribution is -0.167. The van der Waals surface area contributed by atoms with Crippen molar-refractivity contribution in [1.82, 2.24) is 0 Å². The summed E-state index contributed by atoms with van der Waals surface area (Å²) in [6, 6.07) is 0. The van der Waals surface area contributed by atoms with Crippen molar-refractivity contribution in [3.63, 3.8) is 0 Å². The second-order valence-corrected chi connectivity index (χ2v) is 23.1. The molecule has 0 aliphatic carbocycles. The number of carbonyl (C=O) groups excluding carboxylic acids is 3. The van der Waals surface area contributed by atoms with Gasteiger partial charge in [-0.2, -0.15) is 0 Å². The molecule has 0 amide bonds. The maximum absolute atomic E-state index is 12.9. The fraction of sp³-hybridized carbons (Fsp3) is 0.899. The Hall–Kier alpha value is -2.11. The number of esters is 3. The van der Waals surface area contributed by atoms with Crippen molar-refractivity contribution < 1.29 is 28.6 Å². The summed E-state index contributed by atoms with van der Waals surface area (Å²) < 4.78 is 17.0. The molecule has 75 heavy (non-hydrogen) atoms. The molecule has 0 saturated carbocycles. The summed E-state index contributed by atoms with van der Waals surface area (Å²) in [5.41, 5.74) is 0. The lowest BCUT2D eigenvalue weighted by Gasteiger charge is -2.18. The number of rotatable bonds is 63. The number of carbonyl (C=O) groups is 3. The van der Waals surface area contributed by atoms with Crippen LogP contribution in [0.1, 0.15) is 380 Å². The van der Waals surface area contributed by atoms with Gasteiger partial charge in [0.15, 0.2) is 6.10 Å². The Labute approximate surface area is 468 Å². The first-order valence-electron chi connectivity index (χ1n) is 33.8. The van der Waals surface area contributed by atoms with E-state index >= 15 is 0 Å². The molecule has 6 heteroatoms. The van der Waals surface area contributed by atoms with E-state index in [0.717, 1.165) is 57.8 Å². The van der Waals surface area contributed by atoms with Crippen molar-refractivity contribution >= 4 is 17.9 Å². The molecule has 0 aliphatic rings. The van der Waals surface area contributed by atoms with Gasteiger partial charge in [-0.05, 0) is 70.6 Å². The molecule has 0 fully saturated rings. The van der Waals surface area contributed by atoms with Crippen LogP contribution < -0.4 is 0 Å². The Morgan fingerprint density at radius 1 is 0.253 bits per heavy atom. The highest BCUT2D eigenvalue weighted by Crippen LogP contribution is 2.18. The quantitative estimate of drug-likeness (QED) is 0.0261. The minimum absolute atomic E-state index is 0.0671. The average molecular weight is 1060 g/mol. The second-order valence-electron chi connectivity index (χ2n) is 23.1. The third-order valence-corrected chi connectivity index (χ3v) is 15.4. The highest BCUT2D eigenvalue weighted by atomic mass is 16.6. The highest BCUT2D eigenvalue weighted by Gasteiger charge is 2.19. The van der Waals surface area contributed by atoms with E-state index in [1.165, 1.54) is 283 Å². The highest BCUT2D eigenvalue weighted by molar-refractivity contribution is 5.71. The normalized spacial score (nSPS) is 12.1. The van der Waals surface area contributed by atoms with Crippen LogP contribution in [0.15, 0.2) is 24.3 Å². The molecule has 0 spiro atoms. The van der Waals surface area contributed by atoms with Crippen molar-refractivity contribution in [2.45, 2.75) is 386 Å². The summed E-state index contributed by atoms with van der Waals surface area (Å²) in [6.07, 6.45) is 77.6. The van der Waals surface area contributed by atoms with Gasteiger partial charge in [0.05, 0.1) is 0 Å². The minimum Gasteiger partial charge on any atom is -0.462 e. The summed E-state index contributed by atoms with van der Waals surface area (Å²) >= 11 is 0. The maximum Gasteiger partial charge on any atom is 0.306 e. The lowest BCUT2D eigenvalue weighted by atomic mass is 10.0. The van der Waals surface area contributed by atoms with Gasteiger partial charge in [0.25, 0.3) is 0 Å². The zero-order valence-electron chi connectivity index (χ0n) is 50.8. The average Bonchev–Trinajstić information content (AvgIpc) is 3.41. The molecule has 6 nitrogen and oxygen atoms in total. The van der Waals surface area contributed by atoms with Gasteiger partial charge in [0.1, 0.15) is 13.2 Å². The van der Waals surface area contributed by atoms with E-state index in [-0.39, 0.29) is 31.1 Å². The molecule has 0 aromatic heterocycles. The predicted octanol–water partition coefficient (Wildman–Crippen LogP) is 23.0. The van der Waals surface area contributed by atoms with Crippen LogP contribution in [-0.2, 0) is 28.6 Å². The molecule has 0 rings (SSSR count). The Kier molecular flexibility index (Phi) is 62.6. The SMILES string of the molecule is CCCCCCCC/C=C\CCCCCCCCCCCC(=O)OC(COC(=O)CCCCCCCCCCC/C=C\CCCCCCCCCC)COC(=O)CCCCCCCCCCCCCCCCCCC. The molecule has 1 unspecified atom stereocenters. The fourth-order valence-corrected chi connectivity index (χ4v) is 10.3. The monoisotopic (exact) mass is 1050 g/mol. The Bertz CT molecular complexity index is 1210. The third-order valence-electron chi connectivity index (χ3n) is 15.4. The van der Waals surface area contributed by atoms with Gasteiger partial charge in [0.2, 0.25) is 0 Å². The van der Waals surface area contributed by atoms with Crippen LogP contribution >= 0.6 is 0 Å². The topological polar surface area (TPSA) is 78.9 Å². The predicted molar refractivity (Wildman–Crippen MR) is 326 cm³/mol. The molecular formula is C69H130O6. The van der Waals surface area contributed by atoms with Crippen molar-refractivity contribution in [1.29, 1.82) is 0 Å². The van der Waals surface area contributed by atoms with E-state index in [2.05, 4.69) is 45.1 Å². The van der Waals surface area contributed by atoms with Gasteiger partial charge in [0, 0.05) is 19.3 Å². The molecular weight excluding hydrogens is 925 g/mol. The molecule has 0 N–H and O–H groups in total. The van der Waals surface area contributed by atoms with Crippen LogP contribution in [0.2, 0.25) is 0 Å². The molecule has 0 heterocycles. The molecule has 0 bridgehead atoms. The zero-order valence-corrected chi connectivity index (χ0v) is 50.8. The third kappa shape index (κ3) is 62.6. The van der Waals surface area contributed by atoms with Crippen molar-refractivity contribution in [3.8, 4) is 0 Å². The van der Waals surface area contributed by atoms with E-state index in [1.54, 1.807) is 0 Å². The second kappa shape index (κ2) is 64.4. The van der Waals surface area contributed by atoms with Crippen molar-refractivity contribution in [2.75, 3.05) is 13.2 Å². The number of unbranched alkanes of at least 4 members (excludes halogenated alkanes) is 48. The summed E-state index contributed by atoms with van der Waals surface area (Å²) in [5.74, 6) is -0.841. The molecule has 0 aromatic rings. The van der Waals surface area contributed by atoms with Crippen LogP contribution in [0.5, 0.6) is 0 Å². The molecule has 0 aliphatic heterocycles. The number of hydrogen-bond acceptors (Lipinski definition) is 6. The summed E-state index contributed by atoms with van der Waals surface area (Å²) in [7, 11) is 0. The van der Waals surface area contributed by atoms with E-state index in [9.17, 15) is 14.4 Å². The Morgan fingerprint density at radius 3 is 0.667 bits per heavy atom. The van der Waals surface area contributed by atoms with Crippen LogP contribution in [0.3, 0.4) is 0 Å². The van der Waals surface area contributed by atoms with Crippen LogP contribution in [-0.4, -0.2) is 37.2 Å². The largest absolute Gasteiger partial charge is 0.462 e.